The number of methoxy groups -OCH3 is 1. The van der Waals surface area contributed by atoms with Gasteiger partial charge >= 0.3 is 5.97 Å². The molecule has 0 heterocycles. The first-order chi connectivity index (χ1) is 9.60. The predicted octanol–water partition coefficient (Wildman–Crippen LogP) is 1.51. The zero-order valence-corrected chi connectivity index (χ0v) is 11.5. The van der Waals surface area contributed by atoms with Gasteiger partial charge in [0.15, 0.2) is 0 Å². The molecule has 1 fully saturated rings. The van der Waals surface area contributed by atoms with Crippen LogP contribution >= 0.6 is 0 Å². The van der Waals surface area contributed by atoms with Crippen molar-refractivity contribution in [1.29, 1.82) is 0 Å². The summed E-state index contributed by atoms with van der Waals surface area (Å²) in [5, 5.41) is 12.4. The van der Waals surface area contributed by atoms with E-state index in [2.05, 4.69) is 10.1 Å². The molecule has 1 aliphatic rings. The summed E-state index contributed by atoms with van der Waals surface area (Å²) in [7, 11) is 1.32. The van der Waals surface area contributed by atoms with Gasteiger partial charge in [-0.2, -0.15) is 0 Å². The molecule has 1 aliphatic carbocycles. The van der Waals surface area contributed by atoms with Gasteiger partial charge in [-0.15, -0.1) is 0 Å². The summed E-state index contributed by atoms with van der Waals surface area (Å²) in [6.45, 7) is 0. The lowest BCUT2D eigenvalue weighted by Gasteiger charge is -2.26. The standard InChI is InChI=1S/C15H19NO4/c1-20-15(19)11-4-2-10(3-5-11)14(18)16-12-6-8-13(17)9-7-12/h2-5,12-13,17H,6-9H2,1H3,(H,16,18). The van der Waals surface area contributed by atoms with Gasteiger partial charge in [-0.25, -0.2) is 4.79 Å². The van der Waals surface area contributed by atoms with Crippen LogP contribution in [0.4, 0.5) is 0 Å². The highest BCUT2D eigenvalue weighted by Gasteiger charge is 2.21. The third-order valence-electron chi connectivity index (χ3n) is 3.60. The van der Waals surface area contributed by atoms with E-state index in [1.165, 1.54) is 7.11 Å². The van der Waals surface area contributed by atoms with Crippen molar-refractivity contribution in [2.75, 3.05) is 7.11 Å². The average molecular weight is 277 g/mol. The fourth-order valence-electron chi connectivity index (χ4n) is 2.36. The van der Waals surface area contributed by atoms with E-state index < -0.39 is 5.97 Å². The van der Waals surface area contributed by atoms with E-state index in [-0.39, 0.29) is 18.1 Å². The maximum atomic E-state index is 12.1. The van der Waals surface area contributed by atoms with E-state index in [0.29, 0.717) is 11.1 Å². The molecule has 0 aromatic heterocycles. The largest absolute Gasteiger partial charge is 0.465 e. The molecule has 0 unspecified atom stereocenters. The van der Waals surface area contributed by atoms with Crippen LogP contribution in [-0.4, -0.2) is 36.2 Å². The van der Waals surface area contributed by atoms with Crippen LogP contribution in [0.3, 0.4) is 0 Å². The molecule has 0 atom stereocenters. The van der Waals surface area contributed by atoms with Crippen LogP contribution in [0, 0.1) is 0 Å². The molecule has 5 heteroatoms. The van der Waals surface area contributed by atoms with Crippen molar-refractivity contribution < 1.29 is 19.4 Å². The van der Waals surface area contributed by atoms with Gasteiger partial charge in [0.1, 0.15) is 0 Å². The van der Waals surface area contributed by atoms with Gasteiger partial charge in [0, 0.05) is 11.6 Å². The Morgan fingerprint density at radius 2 is 1.65 bits per heavy atom. The van der Waals surface area contributed by atoms with Crippen molar-refractivity contribution in [1.82, 2.24) is 5.32 Å². The zero-order chi connectivity index (χ0) is 14.5. The van der Waals surface area contributed by atoms with Gasteiger partial charge in [0.25, 0.3) is 5.91 Å². The Labute approximate surface area is 117 Å². The molecule has 2 N–H and O–H groups in total. The monoisotopic (exact) mass is 277 g/mol. The fraction of sp³-hybridized carbons (Fsp3) is 0.467. The topological polar surface area (TPSA) is 75.6 Å². The fourth-order valence-corrected chi connectivity index (χ4v) is 2.36. The van der Waals surface area contributed by atoms with Crippen LogP contribution in [-0.2, 0) is 4.74 Å². The minimum Gasteiger partial charge on any atom is -0.465 e. The minimum atomic E-state index is -0.418. The van der Waals surface area contributed by atoms with Crippen LogP contribution in [0.25, 0.3) is 0 Å². The van der Waals surface area contributed by atoms with Crippen molar-refractivity contribution in [3.05, 3.63) is 35.4 Å². The maximum Gasteiger partial charge on any atom is 0.337 e. The first-order valence-electron chi connectivity index (χ1n) is 6.77. The van der Waals surface area contributed by atoms with Gasteiger partial charge < -0.3 is 15.2 Å². The molecule has 20 heavy (non-hydrogen) atoms. The summed E-state index contributed by atoms with van der Waals surface area (Å²) < 4.78 is 4.60. The summed E-state index contributed by atoms with van der Waals surface area (Å²) in [5.74, 6) is -0.568. The SMILES string of the molecule is COC(=O)c1ccc(C(=O)NC2CCC(O)CC2)cc1. The number of carbonyl (C=O) groups is 2. The lowest BCUT2D eigenvalue weighted by molar-refractivity contribution is 0.0600. The molecule has 0 aliphatic heterocycles. The number of amides is 1. The van der Waals surface area contributed by atoms with Crippen molar-refractivity contribution in [3.8, 4) is 0 Å². The van der Waals surface area contributed by atoms with E-state index >= 15 is 0 Å². The highest BCUT2D eigenvalue weighted by molar-refractivity contribution is 5.96. The van der Waals surface area contributed by atoms with E-state index in [4.69, 9.17) is 0 Å². The Balaban J connectivity index is 1.94. The Kier molecular flexibility index (Phi) is 4.74. The molecule has 1 amide bonds. The van der Waals surface area contributed by atoms with Gasteiger partial charge in [-0.05, 0) is 49.9 Å². The maximum absolute atomic E-state index is 12.1. The van der Waals surface area contributed by atoms with E-state index in [1.54, 1.807) is 24.3 Å². The quantitative estimate of drug-likeness (QED) is 0.821. The third-order valence-corrected chi connectivity index (χ3v) is 3.60. The summed E-state index contributed by atoms with van der Waals surface area (Å²) in [6, 6.07) is 6.49. The van der Waals surface area contributed by atoms with Gasteiger partial charge in [0.05, 0.1) is 18.8 Å². The molecule has 0 bridgehead atoms. The second-order valence-electron chi connectivity index (χ2n) is 5.05. The van der Waals surface area contributed by atoms with Gasteiger partial charge in [-0.1, -0.05) is 0 Å². The molecule has 1 aromatic rings. The second-order valence-corrected chi connectivity index (χ2v) is 5.05. The summed E-state index contributed by atoms with van der Waals surface area (Å²) in [6.07, 6.45) is 2.82. The Bertz CT molecular complexity index is 475. The first kappa shape index (κ1) is 14.5. The lowest BCUT2D eigenvalue weighted by atomic mass is 9.93. The number of carbonyl (C=O) groups excluding carboxylic acids is 2. The molecular formula is C15H19NO4. The minimum absolute atomic E-state index is 0.117. The molecular weight excluding hydrogens is 258 g/mol. The second kappa shape index (κ2) is 6.52. The molecule has 1 aromatic carbocycles. The molecule has 5 nitrogen and oxygen atoms in total. The number of benzene rings is 1. The zero-order valence-electron chi connectivity index (χ0n) is 11.5. The summed E-state index contributed by atoms with van der Waals surface area (Å²) in [4.78, 5) is 23.4. The number of nitrogens with one attached hydrogen (secondary N) is 1. The molecule has 0 spiro atoms. The molecule has 1 saturated carbocycles. The number of hydrogen-bond acceptors (Lipinski definition) is 4. The average Bonchev–Trinajstić information content (AvgIpc) is 2.49. The van der Waals surface area contributed by atoms with Gasteiger partial charge in [-0.3, -0.25) is 4.79 Å². The van der Waals surface area contributed by atoms with E-state index in [9.17, 15) is 14.7 Å². The molecule has 0 radical (unpaired) electrons. The molecule has 2 rings (SSSR count). The van der Waals surface area contributed by atoms with Crippen LogP contribution < -0.4 is 5.32 Å². The van der Waals surface area contributed by atoms with Crippen molar-refractivity contribution >= 4 is 11.9 Å². The highest BCUT2D eigenvalue weighted by atomic mass is 16.5. The van der Waals surface area contributed by atoms with E-state index in [1.807, 2.05) is 0 Å². The number of aliphatic hydroxyl groups excluding tert-OH is 1. The van der Waals surface area contributed by atoms with Crippen molar-refractivity contribution in [3.63, 3.8) is 0 Å². The van der Waals surface area contributed by atoms with Gasteiger partial charge in [0.2, 0.25) is 0 Å². The lowest BCUT2D eigenvalue weighted by Crippen LogP contribution is -2.38. The van der Waals surface area contributed by atoms with Crippen LogP contribution in [0.15, 0.2) is 24.3 Å². The molecule has 0 saturated heterocycles. The summed E-state index contributed by atoms with van der Waals surface area (Å²) in [5.41, 5.74) is 0.939. The van der Waals surface area contributed by atoms with Crippen LogP contribution in [0.5, 0.6) is 0 Å². The smallest absolute Gasteiger partial charge is 0.337 e. The predicted molar refractivity (Wildman–Crippen MR) is 73.5 cm³/mol. The van der Waals surface area contributed by atoms with Crippen LogP contribution in [0.2, 0.25) is 0 Å². The van der Waals surface area contributed by atoms with Crippen LogP contribution in [0.1, 0.15) is 46.4 Å². The molecule has 108 valence electrons. The first-order valence-corrected chi connectivity index (χ1v) is 6.77. The van der Waals surface area contributed by atoms with Crippen molar-refractivity contribution in [2.24, 2.45) is 0 Å². The number of ether oxygens (including phenoxy) is 1. The number of aliphatic hydroxyl groups is 1. The Hall–Kier alpha value is -1.88. The third kappa shape index (κ3) is 3.57. The Morgan fingerprint density at radius 1 is 1.10 bits per heavy atom. The summed E-state index contributed by atoms with van der Waals surface area (Å²) >= 11 is 0. The highest BCUT2D eigenvalue weighted by Crippen LogP contribution is 2.18. The number of esters is 1. The normalized spacial score (nSPS) is 22.1. The Morgan fingerprint density at radius 3 is 2.20 bits per heavy atom. The van der Waals surface area contributed by atoms with Crippen molar-refractivity contribution in [2.45, 2.75) is 37.8 Å². The number of rotatable bonds is 3. The van der Waals surface area contributed by atoms with E-state index in [0.717, 1.165) is 25.7 Å². The number of hydrogen-bond donors (Lipinski definition) is 2.